The van der Waals surface area contributed by atoms with Gasteiger partial charge >= 0.3 is 0 Å². The zero-order chi connectivity index (χ0) is 8.22. The standard InChI is InChI=1S/C8H14N2O.ClH/c1-10(2)7(11)8-3-5(4-8)6(8)9;/h5-6H,3-4,9H2,1-2H3;1H. The highest BCUT2D eigenvalue weighted by molar-refractivity contribution is 5.86. The van der Waals surface area contributed by atoms with Crippen molar-refractivity contribution in [3.63, 3.8) is 0 Å². The highest BCUT2D eigenvalue weighted by atomic mass is 35.5. The van der Waals surface area contributed by atoms with Crippen LogP contribution in [0.2, 0.25) is 0 Å². The van der Waals surface area contributed by atoms with E-state index in [1.807, 2.05) is 0 Å². The number of hydrogen-bond acceptors (Lipinski definition) is 2. The first-order valence-electron chi connectivity index (χ1n) is 4.05. The molecule has 4 heteroatoms. The Kier molecular flexibility index (Phi) is 2.13. The average Bonchev–Trinajstić information content (AvgIpc) is 1.84. The van der Waals surface area contributed by atoms with Gasteiger partial charge in [-0.05, 0) is 18.8 Å². The summed E-state index contributed by atoms with van der Waals surface area (Å²) in [5, 5.41) is 0. The molecule has 12 heavy (non-hydrogen) atoms. The summed E-state index contributed by atoms with van der Waals surface area (Å²) in [6.45, 7) is 0. The van der Waals surface area contributed by atoms with Gasteiger partial charge in [0.05, 0.1) is 5.41 Å². The van der Waals surface area contributed by atoms with Gasteiger partial charge in [0.15, 0.2) is 0 Å². The normalized spacial score (nSPS) is 41.9. The van der Waals surface area contributed by atoms with Crippen LogP contribution in [0.25, 0.3) is 0 Å². The third kappa shape index (κ3) is 0.837. The monoisotopic (exact) mass is 190 g/mol. The number of amides is 1. The highest BCUT2D eigenvalue weighted by Crippen LogP contribution is 2.63. The van der Waals surface area contributed by atoms with Crippen LogP contribution in [-0.2, 0) is 4.79 Å². The summed E-state index contributed by atoms with van der Waals surface area (Å²) in [7, 11) is 3.60. The van der Waals surface area contributed by atoms with Crippen molar-refractivity contribution in [3.05, 3.63) is 0 Å². The number of carbonyl (C=O) groups excluding carboxylic acids is 1. The summed E-state index contributed by atoms with van der Waals surface area (Å²) >= 11 is 0. The summed E-state index contributed by atoms with van der Waals surface area (Å²) in [4.78, 5) is 13.2. The van der Waals surface area contributed by atoms with Crippen molar-refractivity contribution in [1.29, 1.82) is 0 Å². The molecule has 3 saturated carbocycles. The Balaban J connectivity index is 0.000000720. The maximum atomic E-state index is 11.5. The molecule has 1 atom stereocenters. The van der Waals surface area contributed by atoms with Crippen LogP contribution in [0.1, 0.15) is 12.8 Å². The van der Waals surface area contributed by atoms with Crippen molar-refractivity contribution in [1.82, 2.24) is 4.90 Å². The second kappa shape index (κ2) is 2.60. The molecule has 1 unspecified atom stereocenters. The van der Waals surface area contributed by atoms with Crippen LogP contribution in [-0.4, -0.2) is 30.9 Å². The molecule has 0 aromatic rings. The first-order chi connectivity index (χ1) is 5.08. The SMILES string of the molecule is CN(C)C(=O)C12CC(C1)C2N.Cl. The highest BCUT2D eigenvalue weighted by Gasteiger charge is 2.68. The molecule has 0 aromatic heterocycles. The first kappa shape index (κ1) is 9.81. The molecule has 3 aliphatic rings. The van der Waals surface area contributed by atoms with E-state index >= 15 is 0 Å². The van der Waals surface area contributed by atoms with Crippen LogP contribution in [0.15, 0.2) is 0 Å². The Morgan fingerprint density at radius 3 is 2.08 bits per heavy atom. The van der Waals surface area contributed by atoms with Crippen molar-refractivity contribution >= 4 is 18.3 Å². The Hall–Kier alpha value is -0.280. The lowest BCUT2D eigenvalue weighted by Crippen LogP contribution is -2.74. The molecule has 0 spiro atoms. The summed E-state index contributed by atoms with van der Waals surface area (Å²) in [6.07, 6.45) is 2.07. The van der Waals surface area contributed by atoms with E-state index in [0.717, 1.165) is 12.8 Å². The lowest BCUT2D eigenvalue weighted by Gasteiger charge is -2.65. The molecular formula is C8H15ClN2O. The van der Waals surface area contributed by atoms with Gasteiger partial charge < -0.3 is 10.6 Å². The molecule has 2 bridgehead atoms. The van der Waals surface area contributed by atoms with E-state index < -0.39 is 0 Å². The first-order valence-corrected chi connectivity index (χ1v) is 4.05. The van der Waals surface area contributed by atoms with Gasteiger partial charge in [0.1, 0.15) is 0 Å². The predicted molar refractivity (Wildman–Crippen MR) is 49.1 cm³/mol. The van der Waals surface area contributed by atoms with Crippen molar-refractivity contribution in [2.24, 2.45) is 17.1 Å². The average molecular weight is 191 g/mol. The van der Waals surface area contributed by atoms with Crippen LogP contribution >= 0.6 is 12.4 Å². The van der Waals surface area contributed by atoms with E-state index in [-0.39, 0.29) is 29.8 Å². The summed E-state index contributed by atoms with van der Waals surface area (Å²) in [5.41, 5.74) is 5.67. The minimum Gasteiger partial charge on any atom is -0.348 e. The van der Waals surface area contributed by atoms with Crippen LogP contribution in [0.3, 0.4) is 0 Å². The fraction of sp³-hybridized carbons (Fsp3) is 0.875. The quantitative estimate of drug-likeness (QED) is 0.644. The summed E-state index contributed by atoms with van der Waals surface area (Å²) in [6, 6.07) is 0.164. The van der Waals surface area contributed by atoms with E-state index in [0.29, 0.717) is 5.92 Å². The lowest BCUT2D eigenvalue weighted by molar-refractivity contribution is -0.182. The molecule has 3 aliphatic carbocycles. The Bertz CT molecular complexity index is 211. The largest absolute Gasteiger partial charge is 0.348 e. The van der Waals surface area contributed by atoms with Crippen molar-refractivity contribution < 1.29 is 4.79 Å². The lowest BCUT2D eigenvalue weighted by atomic mass is 9.40. The van der Waals surface area contributed by atoms with E-state index in [1.54, 1.807) is 19.0 Å². The van der Waals surface area contributed by atoms with Gasteiger partial charge in [-0.2, -0.15) is 0 Å². The Morgan fingerprint density at radius 2 is 2.00 bits per heavy atom. The zero-order valence-corrected chi connectivity index (χ0v) is 8.23. The molecule has 3 nitrogen and oxygen atoms in total. The van der Waals surface area contributed by atoms with Gasteiger partial charge in [0.25, 0.3) is 0 Å². The van der Waals surface area contributed by atoms with Crippen LogP contribution in [0.4, 0.5) is 0 Å². The van der Waals surface area contributed by atoms with Crippen LogP contribution in [0.5, 0.6) is 0 Å². The Morgan fingerprint density at radius 1 is 1.50 bits per heavy atom. The van der Waals surface area contributed by atoms with E-state index in [2.05, 4.69) is 0 Å². The third-order valence-electron chi connectivity index (χ3n) is 3.23. The summed E-state index contributed by atoms with van der Waals surface area (Å²) in [5.74, 6) is 0.881. The maximum Gasteiger partial charge on any atom is 0.229 e. The molecule has 3 fully saturated rings. The number of carbonyl (C=O) groups is 1. The molecular weight excluding hydrogens is 176 g/mol. The van der Waals surface area contributed by atoms with Crippen LogP contribution in [0, 0.1) is 11.3 Å². The van der Waals surface area contributed by atoms with Crippen molar-refractivity contribution in [3.8, 4) is 0 Å². The number of halogens is 1. The Labute approximate surface area is 78.7 Å². The zero-order valence-electron chi connectivity index (χ0n) is 7.41. The third-order valence-corrected chi connectivity index (χ3v) is 3.23. The number of rotatable bonds is 1. The molecule has 0 saturated heterocycles. The smallest absolute Gasteiger partial charge is 0.229 e. The fourth-order valence-corrected chi connectivity index (χ4v) is 2.29. The van der Waals surface area contributed by atoms with Crippen LogP contribution < -0.4 is 5.73 Å². The minimum atomic E-state index is -0.131. The van der Waals surface area contributed by atoms with Gasteiger partial charge in [0, 0.05) is 20.1 Å². The topological polar surface area (TPSA) is 46.3 Å². The molecule has 0 radical (unpaired) electrons. The molecule has 70 valence electrons. The van der Waals surface area contributed by atoms with Gasteiger partial charge in [-0.25, -0.2) is 0 Å². The van der Waals surface area contributed by atoms with E-state index in [1.165, 1.54) is 0 Å². The molecule has 0 aliphatic heterocycles. The van der Waals surface area contributed by atoms with E-state index in [9.17, 15) is 4.79 Å². The second-order valence-electron chi connectivity index (χ2n) is 4.05. The van der Waals surface area contributed by atoms with Gasteiger partial charge in [-0.15, -0.1) is 12.4 Å². The van der Waals surface area contributed by atoms with Gasteiger partial charge in [-0.1, -0.05) is 0 Å². The summed E-state index contributed by atoms with van der Waals surface area (Å²) < 4.78 is 0. The number of nitrogens with two attached hydrogens (primary N) is 1. The van der Waals surface area contributed by atoms with Gasteiger partial charge in [0.2, 0.25) is 5.91 Å². The molecule has 2 N–H and O–H groups in total. The molecule has 1 amide bonds. The van der Waals surface area contributed by atoms with Crippen molar-refractivity contribution in [2.45, 2.75) is 18.9 Å². The fourth-order valence-electron chi connectivity index (χ4n) is 2.29. The molecule has 0 aromatic carbocycles. The predicted octanol–water partition coefficient (Wildman–Crippen LogP) is 0.234. The van der Waals surface area contributed by atoms with Gasteiger partial charge in [-0.3, -0.25) is 4.79 Å². The van der Waals surface area contributed by atoms with Crippen molar-refractivity contribution in [2.75, 3.05) is 14.1 Å². The number of nitrogens with zero attached hydrogens (tertiary/aromatic N) is 1. The van der Waals surface area contributed by atoms with E-state index in [4.69, 9.17) is 5.73 Å². The minimum absolute atomic E-state index is 0. The second-order valence-corrected chi connectivity index (χ2v) is 4.05. The maximum absolute atomic E-state index is 11.5. The number of hydrogen-bond donors (Lipinski definition) is 1. The molecule has 0 heterocycles. The molecule has 3 rings (SSSR count).